The number of carbonyl (C=O) groups excluding carboxylic acids is 2. The molecule has 0 aromatic rings. The molecule has 77 heavy (non-hydrogen) atoms. The van der Waals surface area contributed by atoms with E-state index in [1.54, 1.807) is 0 Å². The summed E-state index contributed by atoms with van der Waals surface area (Å²) >= 11 is 0. The Kier molecular flexibility index (Phi) is 65.9. The summed E-state index contributed by atoms with van der Waals surface area (Å²) in [6.45, 7) is 4.98. The zero-order chi connectivity index (χ0) is 55.7. The van der Waals surface area contributed by atoms with E-state index < -0.39 is 12.1 Å². The minimum Gasteiger partial charge on any atom is -0.466 e. The first-order chi connectivity index (χ1) is 38.0. The second kappa shape index (κ2) is 67.1. The molecule has 0 radical (unpaired) electrons. The van der Waals surface area contributed by atoms with E-state index in [4.69, 9.17) is 4.74 Å². The minimum atomic E-state index is -0.665. The van der Waals surface area contributed by atoms with Crippen molar-refractivity contribution in [1.29, 1.82) is 0 Å². The van der Waals surface area contributed by atoms with Gasteiger partial charge in [-0.05, 0) is 51.4 Å². The number of rotatable bonds is 67. The van der Waals surface area contributed by atoms with Crippen LogP contribution in [0.15, 0.2) is 12.2 Å². The minimum absolute atomic E-state index is 0.00636. The van der Waals surface area contributed by atoms with Gasteiger partial charge < -0.3 is 20.3 Å². The zero-order valence-electron chi connectivity index (χ0n) is 52.5. The molecule has 458 valence electrons. The number of amides is 1. The van der Waals surface area contributed by atoms with Gasteiger partial charge in [-0.1, -0.05) is 353 Å². The molecule has 2 unspecified atom stereocenters. The van der Waals surface area contributed by atoms with E-state index in [0.717, 1.165) is 44.9 Å². The predicted octanol–water partition coefficient (Wildman–Crippen LogP) is 22.8. The molecule has 0 aliphatic carbocycles. The van der Waals surface area contributed by atoms with Gasteiger partial charge in [-0.15, -0.1) is 0 Å². The highest BCUT2D eigenvalue weighted by Gasteiger charge is 2.20. The lowest BCUT2D eigenvalue weighted by molar-refractivity contribution is -0.143. The molecular formula is C71H139NO5. The summed E-state index contributed by atoms with van der Waals surface area (Å²) in [4.78, 5) is 24.6. The maximum Gasteiger partial charge on any atom is 0.305 e. The Bertz CT molecular complexity index is 1160. The smallest absolute Gasteiger partial charge is 0.305 e. The second-order valence-corrected chi connectivity index (χ2v) is 24.6. The van der Waals surface area contributed by atoms with Gasteiger partial charge in [-0.3, -0.25) is 9.59 Å². The molecule has 0 saturated carbocycles. The van der Waals surface area contributed by atoms with Gasteiger partial charge in [-0.2, -0.15) is 0 Å². The third-order valence-electron chi connectivity index (χ3n) is 16.8. The Morgan fingerprint density at radius 2 is 0.610 bits per heavy atom. The van der Waals surface area contributed by atoms with E-state index in [9.17, 15) is 19.8 Å². The predicted molar refractivity (Wildman–Crippen MR) is 338 cm³/mol. The molecule has 0 saturated heterocycles. The summed E-state index contributed by atoms with van der Waals surface area (Å²) in [6.07, 6.45) is 82.6. The van der Waals surface area contributed by atoms with Crippen LogP contribution in [-0.2, 0) is 14.3 Å². The van der Waals surface area contributed by atoms with Crippen molar-refractivity contribution in [3.63, 3.8) is 0 Å². The van der Waals surface area contributed by atoms with E-state index in [1.165, 1.54) is 327 Å². The quantitative estimate of drug-likeness (QED) is 0.0320. The van der Waals surface area contributed by atoms with Crippen LogP contribution in [0.3, 0.4) is 0 Å². The largest absolute Gasteiger partial charge is 0.466 e. The van der Waals surface area contributed by atoms with Crippen LogP contribution in [0.2, 0.25) is 0 Å². The summed E-state index contributed by atoms with van der Waals surface area (Å²) in [5.74, 6) is -0.0228. The summed E-state index contributed by atoms with van der Waals surface area (Å²) in [6, 6.07) is -0.542. The Hall–Kier alpha value is -1.40. The van der Waals surface area contributed by atoms with Crippen LogP contribution in [0.1, 0.15) is 406 Å². The molecule has 0 aromatic heterocycles. The first kappa shape index (κ1) is 75.6. The first-order valence-electron chi connectivity index (χ1n) is 35.4. The number of allylic oxidation sites excluding steroid dienone is 2. The van der Waals surface area contributed by atoms with Gasteiger partial charge in [0.15, 0.2) is 0 Å². The molecule has 3 N–H and O–H groups in total. The number of aliphatic hydroxyl groups is 2. The van der Waals surface area contributed by atoms with Gasteiger partial charge in [0.05, 0.1) is 25.4 Å². The lowest BCUT2D eigenvalue weighted by Crippen LogP contribution is -2.45. The average molecular weight is 1090 g/mol. The van der Waals surface area contributed by atoms with Crippen molar-refractivity contribution in [1.82, 2.24) is 5.32 Å². The van der Waals surface area contributed by atoms with Crippen molar-refractivity contribution in [2.45, 2.75) is 418 Å². The van der Waals surface area contributed by atoms with E-state index in [1.807, 2.05) is 0 Å². The van der Waals surface area contributed by atoms with Crippen LogP contribution in [-0.4, -0.2) is 47.4 Å². The molecule has 1 amide bonds. The number of nitrogens with one attached hydrogen (secondary N) is 1. The van der Waals surface area contributed by atoms with Crippen LogP contribution in [0, 0.1) is 0 Å². The molecule has 2 atom stereocenters. The fraction of sp³-hybridized carbons (Fsp3) is 0.944. The Morgan fingerprint density at radius 1 is 0.351 bits per heavy atom. The van der Waals surface area contributed by atoms with Crippen LogP contribution < -0.4 is 5.32 Å². The third kappa shape index (κ3) is 63.6. The summed E-state index contributed by atoms with van der Waals surface area (Å²) in [5.41, 5.74) is 0. The molecule has 0 heterocycles. The van der Waals surface area contributed by atoms with Crippen molar-refractivity contribution in [3.05, 3.63) is 12.2 Å². The maximum atomic E-state index is 12.6. The van der Waals surface area contributed by atoms with E-state index in [-0.39, 0.29) is 18.5 Å². The monoisotopic (exact) mass is 1090 g/mol. The standard InChI is InChI=1S/C71H139NO5/c1-3-5-7-9-11-13-15-17-18-19-20-21-22-24-27-30-33-36-40-43-47-51-55-59-63-69(74)68(67-73)72-70(75)64-60-56-52-48-44-41-37-34-31-28-25-23-26-29-32-35-38-42-46-50-54-58-62-66-77-71(76)65-61-57-53-49-45-39-16-14-12-10-8-6-4-2/h14,16,68-69,73-74H,3-13,15,17-67H2,1-2H3,(H,72,75)/b16-14-. The highest BCUT2D eigenvalue weighted by molar-refractivity contribution is 5.76. The number of aliphatic hydroxyl groups excluding tert-OH is 2. The third-order valence-corrected chi connectivity index (χ3v) is 16.8. The topological polar surface area (TPSA) is 95.9 Å². The number of hydrogen-bond acceptors (Lipinski definition) is 5. The molecule has 0 aromatic carbocycles. The highest BCUT2D eigenvalue weighted by Crippen LogP contribution is 2.19. The second-order valence-electron chi connectivity index (χ2n) is 24.6. The fourth-order valence-corrected chi connectivity index (χ4v) is 11.4. The first-order valence-corrected chi connectivity index (χ1v) is 35.4. The van der Waals surface area contributed by atoms with E-state index in [0.29, 0.717) is 25.9 Å². The molecule has 0 rings (SSSR count). The molecule has 0 aliphatic rings. The molecule has 6 heteroatoms. The number of esters is 1. The van der Waals surface area contributed by atoms with E-state index >= 15 is 0 Å². The van der Waals surface area contributed by atoms with Crippen LogP contribution >= 0.6 is 0 Å². The maximum absolute atomic E-state index is 12.6. The van der Waals surface area contributed by atoms with Crippen LogP contribution in [0.5, 0.6) is 0 Å². The number of unbranched alkanes of at least 4 members (excludes halogenated alkanes) is 54. The number of hydrogen-bond donors (Lipinski definition) is 3. The van der Waals surface area contributed by atoms with Crippen LogP contribution in [0.4, 0.5) is 0 Å². The van der Waals surface area contributed by atoms with Gasteiger partial charge >= 0.3 is 5.97 Å². The summed E-state index contributed by atoms with van der Waals surface area (Å²) in [5, 5.41) is 23.4. The van der Waals surface area contributed by atoms with Crippen molar-refractivity contribution in [3.8, 4) is 0 Å². The van der Waals surface area contributed by atoms with Gasteiger partial charge in [0.25, 0.3) is 0 Å². The normalized spacial score (nSPS) is 12.5. The van der Waals surface area contributed by atoms with Crippen molar-refractivity contribution in [2.75, 3.05) is 13.2 Å². The lowest BCUT2D eigenvalue weighted by Gasteiger charge is -2.22. The van der Waals surface area contributed by atoms with Gasteiger partial charge in [0.2, 0.25) is 5.91 Å². The zero-order valence-corrected chi connectivity index (χ0v) is 52.5. The summed E-state index contributed by atoms with van der Waals surface area (Å²) in [7, 11) is 0. The molecular weight excluding hydrogens is 947 g/mol. The Labute approximate surface area is 482 Å². The van der Waals surface area contributed by atoms with Crippen molar-refractivity contribution < 1.29 is 24.5 Å². The molecule has 0 bridgehead atoms. The molecule has 0 aliphatic heterocycles. The summed E-state index contributed by atoms with van der Waals surface area (Å²) < 4.78 is 5.48. The van der Waals surface area contributed by atoms with Crippen molar-refractivity contribution in [2.24, 2.45) is 0 Å². The SMILES string of the molecule is CCCCCC/C=C\CCCCCCCC(=O)OCCCCCCCCCCCCCCCCCCCCCCCCCC(=O)NC(CO)C(O)CCCCCCCCCCCCCCCCCCCCCCCCCC. The van der Waals surface area contributed by atoms with Gasteiger partial charge in [-0.25, -0.2) is 0 Å². The fourth-order valence-electron chi connectivity index (χ4n) is 11.4. The number of carbonyl (C=O) groups is 2. The van der Waals surface area contributed by atoms with Gasteiger partial charge in [0, 0.05) is 12.8 Å². The van der Waals surface area contributed by atoms with Gasteiger partial charge in [0.1, 0.15) is 0 Å². The average Bonchev–Trinajstić information content (AvgIpc) is 3.43. The van der Waals surface area contributed by atoms with Crippen LogP contribution in [0.25, 0.3) is 0 Å². The number of ether oxygens (including phenoxy) is 1. The van der Waals surface area contributed by atoms with E-state index in [2.05, 4.69) is 31.3 Å². The Balaban J connectivity index is 3.37. The molecule has 0 spiro atoms. The highest BCUT2D eigenvalue weighted by atomic mass is 16.5. The molecule has 0 fully saturated rings. The lowest BCUT2D eigenvalue weighted by atomic mass is 10.0. The van der Waals surface area contributed by atoms with Crippen molar-refractivity contribution >= 4 is 11.9 Å². The Morgan fingerprint density at radius 3 is 0.935 bits per heavy atom. The molecule has 6 nitrogen and oxygen atoms in total.